The molecule has 2 aromatic rings. The largest absolute Gasteiger partial charge is 0.497 e. The molecule has 0 saturated carbocycles. The molecule has 1 fully saturated rings. The number of rotatable bonds is 3. The van der Waals surface area contributed by atoms with Gasteiger partial charge in [0.05, 0.1) is 7.11 Å². The van der Waals surface area contributed by atoms with Gasteiger partial charge in [0.25, 0.3) is 0 Å². The average Bonchev–Trinajstić information content (AvgIpc) is 2.56. The van der Waals surface area contributed by atoms with Crippen LogP contribution in [0.2, 0.25) is 0 Å². The van der Waals surface area contributed by atoms with Crippen LogP contribution in [0.25, 0.3) is 0 Å². The molecule has 0 bridgehead atoms. The normalized spacial score (nSPS) is 15.1. The van der Waals surface area contributed by atoms with Crippen molar-refractivity contribution in [2.75, 3.05) is 48.8 Å². The quantitative estimate of drug-likeness (QED) is 0.879. The van der Waals surface area contributed by atoms with Gasteiger partial charge in [0, 0.05) is 49.3 Å². The number of piperazine rings is 1. The molecule has 4 nitrogen and oxygen atoms in total. The SMILES string of the molecule is COc1cccc(N2CCN(c3ccc(N)cc3)CC2)c1. The van der Waals surface area contributed by atoms with Crippen LogP contribution in [0.1, 0.15) is 0 Å². The maximum Gasteiger partial charge on any atom is 0.120 e. The molecule has 1 aliphatic heterocycles. The lowest BCUT2D eigenvalue weighted by Gasteiger charge is -2.37. The first-order valence-corrected chi connectivity index (χ1v) is 7.26. The summed E-state index contributed by atoms with van der Waals surface area (Å²) in [4.78, 5) is 4.80. The molecule has 4 heteroatoms. The van der Waals surface area contributed by atoms with Gasteiger partial charge in [-0.1, -0.05) is 6.07 Å². The average molecular weight is 283 g/mol. The number of ether oxygens (including phenoxy) is 1. The van der Waals surface area contributed by atoms with Gasteiger partial charge < -0.3 is 20.3 Å². The van der Waals surface area contributed by atoms with Gasteiger partial charge in [-0.2, -0.15) is 0 Å². The van der Waals surface area contributed by atoms with E-state index in [-0.39, 0.29) is 0 Å². The molecule has 21 heavy (non-hydrogen) atoms. The zero-order chi connectivity index (χ0) is 14.7. The summed E-state index contributed by atoms with van der Waals surface area (Å²) in [5.41, 5.74) is 9.03. The Hall–Kier alpha value is -2.36. The number of hydrogen-bond donors (Lipinski definition) is 1. The van der Waals surface area contributed by atoms with Crippen molar-refractivity contribution in [2.24, 2.45) is 0 Å². The van der Waals surface area contributed by atoms with E-state index in [2.05, 4.69) is 34.1 Å². The predicted molar refractivity (Wildman–Crippen MR) is 88.3 cm³/mol. The predicted octanol–water partition coefficient (Wildman–Crippen LogP) is 2.60. The smallest absolute Gasteiger partial charge is 0.120 e. The monoisotopic (exact) mass is 283 g/mol. The zero-order valence-corrected chi connectivity index (χ0v) is 12.3. The van der Waals surface area contributed by atoms with Crippen LogP contribution in [-0.2, 0) is 0 Å². The number of nitrogens with zero attached hydrogens (tertiary/aromatic N) is 2. The summed E-state index contributed by atoms with van der Waals surface area (Å²) in [6.45, 7) is 4.05. The lowest BCUT2D eigenvalue weighted by atomic mass is 10.2. The van der Waals surface area contributed by atoms with Gasteiger partial charge in [0.1, 0.15) is 5.75 Å². The van der Waals surface area contributed by atoms with Crippen molar-refractivity contribution < 1.29 is 4.74 Å². The molecule has 0 unspecified atom stereocenters. The van der Waals surface area contributed by atoms with E-state index in [0.717, 1.165) is 37.6 Å². The number of nitrogens with two attached hydrogens (primary N) is 1. The number of benzene rings is 2. The summed E-state index contributed by atoms with van der Waals surface area (Å²) in [6.07, 6.45) is 0. The van der Waals surface area contributed by atoms with Crippen LogP contribution >= 0.6 is 0 Å². The summed E-state index contributed by atoms with van der Waals surface area (Å²) < 4.78 is 5.30. The van der Waals surface area contributed by atoms with Crippen LogP contribution in [0.15, 0.2) is 48.5 Å². The lowest BCUT2D eigenvalue weighted by molar-refractivity contribution is 0.414. The van der Waals surface area contributed by atoms with Crippen LogP contribution in [0.4, 0.5) is 17.1 Å². The third-order valence-corrected chi connectivity index (χ3v) is 3.96. The molecule has 1 aliphatic rings. The fourth-order valence-electron chi connectivity index (χ4n) is 2.72. The molecular formula is C17H21N3O. The van der Waals surface area contributed by atoms with Gasteiger partial charge in [0.2, 0.25) is 0 Å². The summed E-state index contributed by atoms with van der Waals surface area (Å²) in [6, 6.07) is 16.4. The molecular weight excluding hydrogens is 262 g/mol. The highest BCUT2D eigenvalue weighted by Crippen LogP contribution is 2.24. The number of methoxy groups -OCH3 is 1. The van der Waals surface area contributed by atoms with Crippen molar-refractivity contribution >= 4 is 17.1 Å². The van der Waals surface area contributed by atoms with E-state index < -0.39 is 0 Å². The minimum absolute atomic E-state index is 0.814. The van der Waals surface area contributed by atoms with Crippen molar-refractivity contribution in [3.63, 3.8) is 0 Å². The van der Waals surface area contributed by atoms with E-state index >= 15 is 0 Å². The first kappa shape index (κ1) is 13.6. The van der Waals surface area contributed by atoms with Gasteiger partial charge in [-0.05, 0) is 36.4 Å². The molecule has 0 radical (unpaired) electrons. The van der Waals surface area contributed by atoms with Crippen LogP contribution in [-0.4, -0.2) is 33.3 Å². The Balaban J connectivity index is 1.65. The second-order valence-electron chi connectivity index (χ2n) is 5.27. The third kappa shape index (κ3) is 3.05. The summed E-state index contributed by atoms with van der Waals surface area (Å²) in [5.74, 6) is 0.911. The van der Waals surface area contributed by atoms with Crippen molar-refractivity contribution in [3.8, 4) is 5.75 Å². The molecule has 1 saturated heterocycles. The fraction of sp³-hybridized carbons (Fsp3) is 0.294. The van der Waals surface area contributed by atoms with Crippen LogP contribution in [0.3, 0.4) is 0 Å². The second-order valence-corrected chi connectivity index (χ2v) is 5.27. The second kappa shape index (κ2) is 5.95. The summed E-state index contributed by atoms with van der Waals surface area (Å²) >= 11 is 0. The van der Waals surface area contributed by atoms with Gasteiger partial charge in [-0.15, -0.1) is 0 Å². The van der Waals surface area contributed by atoms with Crippen molar-refractivity contribution in [1.82, 2.24) is 0 Å². The maximum absolute atomic E-state index is 5.74. The van der Waals surface area contributed by atoms with Gasteiger partial charge in [0.15, 0.2) is 0 Å². The molecule has 1 heterocycles. The number of hydrogen-bond acceptors (Lipinski definition) is 4. The van der Waals surface area contributed by atoms with E-state index in [1.165, 1.54) is 11.4 Å². The maximum atomic E-state index is 5.74. The Morgan fingerprint density at radius 3 is 2.10 bits per heavy atom. The fourth-order valence-corrected chi connectivity index (χ4v) is 2.72. The Morgan fingerprint density at radius 1 is 0.857 bits per heavy atom. The van der Waals surface area contributed by atoms with Crippen LogP contribution < -0.4 is 20.3 Å². The Kier molecular flexibility index (Phi) is 3.86. The Labute approximate surface area is 125 Å². The highest BCUT2D eigenvalue weighted by Gasteiger charge is 2.17. The molecule has 110 valence electrons. The Morgan fingerprint density at radius 2 is 1.48 bits per heavy atom. The van der Waals surface area contributed by atoms with E-state index in [1.54, 1.807) is 7.11 Å². The number of nitrogen functional groups attached to an aromatic ring is 1. The topological polar surface area (TPSA) is 41.7 Å². The lowest BCUT2D eigenvalue weighted by Crippen LogP contribution is -2.46. The molecule has 2 N–H and O–H groups in total. The third-order valence-electron chi connectivity index (χ3n) is 3.96. The first-order valence-electron chi connectivity index (χ1n) is 7.26. The summed E-state index contributed by atoms with van der Waals surface area (Å²) in [7, 11) is 1.71. The minimum Gasteiger partial charge on any atom is -0.497 e. The molecule has 0 spiro atoms. The molecule has 0 aromatic heterocycles. The van der Waals surface area contributed by atoms with E-state index in [4.69, 9.17) is 10.5 Å². The molecule has 0 aliphatic carbocycles. The highest BCUT2D eigenvalue weighted by molar-refractivity contribution is 5.56. The van der Waals surface area contributed by atoms with E-state index in [1.807, 2.05) is 24.3 Å². The van der Waals surface area contributed by atoms with Gasteiger partial charge >= 0.3 is 0 Å². The highest BCUT2D eigenvalue weighted by atomic mass is 16.5. The minimum atomic E-state index is 0.814. The van der Waals surface area contributed by atoms with Crippen molar-refractivity contribution in [1.29, 1.82) is 0 Å². The van der Waals surface area contributed by atoms with E-state index in [9.17, 15) is 0 Å². The number of anilines is 3. The molecule has 2 aromatic carbocycles. The molecule has 0 amide bonds. The van der Waals surface area contributed by atoms with Crippen molar-refractivity contribution in [3.05, 3.63) is 48.5 Å². The van der Waals surface area contributed by atoms with Gasteiger partial charge in [-0.25, -0.2) is 0 Å². The van der Waals surface area contributed by atoms with Crippen molar-refractivity contribution in [2.45, 2.75) is 0 Å². The van der Waals surface area contributed by atoms with Crippen LogP contribution in [0.5, 0.6) is 5.75 Å². The van der Waals surface area contributed by atoms with E-state index in [0.29, 0.717) is 0 Å². The summed E-state index contributed by atoms with van der Waals surface area (Å²) in [5, 5.41) is 0. The zero-order valence-electron chi connectivity index (χ0n) is 12.3. The van der Waals surface area contributed by atoms with Crippen LogP contribution in [0, 0.1) is 0 Å². The Bertz CT molecular complexity index is 589. The first-order chi connectivity index (χ1) is 10.3. The molecule has 0 atom stereocenters. The van der Waals surface area contributed by atoms with Gasteiger partial charge in [-0.3, -0.25) is 0 Å². The standard InChI is InChI=1S/C17H21N3O/c1-21-17-4-2-3-16(13-17)20-11-9-19(10-12-20)15-7-5-14(18)6-8-15/h2-8,13H,9-12,18H2,1H3. The molecule has 3 rings (SSSR count).